The first kappa shape index (κ1) is 16.2. The first-order valence-electron chi connectivity index (χ1n) is 8.93. The Morgan fingerprint density at radius 2 is 1.68 bits per heavy atom. The van der Waals surface area contributed by atoms with E-state index < -0.39 is 0 Å². The summed E-state index contributed by atoms with van der Waals surface area (Å²) in [7, 11) is 0. The molecule has 134 valence electrons. The van der Waals surface area contributed by atoms with Crippen LogP contribution in [0.4, 0.5) is 5.69 Å². The van der Waals surface area contributed by atoms with Crippen molar-refractivity contribution in [3.8, 4) is 5.88 Å². The van der Waals surface area contributed by atoms with Gasteiger partial charge in [0.2, 0.25) is 0 Å². The standard InChI is InChI=1S/C23H16N4O/c28-23-18-4-2-1-3-17(18)21(25-23)13-16-5-7-19-20(26-27-22(19)14-16)8-6-15-9-11-24-12-10-15/h1-14,25,28H/b8-6+,16-13?. The highest BCUT2D eigenvalue weighted by molar-refractivity contribution is 5.94. The van der Waals surface area contributed by atoms with Crippen LogP contribution >= 0.6 is 0 Å². The molecule has 0 amide bonds. The maximum atomic E-state index is 10.1. The Balaban J connectivity index is 1.55. The highest BCUT2D eigenvalue weighted by Gasteiger charge is 2.08. The first-order chi connectivity index (χ1) is 13.8. The topological polar surface area (TPSA) is 73.6 Å². The molecular formula is C23H16N4O. The smallest absolute Gasteiger partial charge is 0.196 e. The molecule has 5 nitrogen and oxygen atoms in total. The van der Waals surface area contributed by atoms with Crippen LogP contribution in [0, 0.1) is 0 Å². The van der Waals surface area contributed by atoms with Crippen molar-refractivity contribution in [1.29, 1.82) is 0 Å². The molecule has 0 saturated carbocycles. The van der Waals surface area contributed by atoms with E-state index in [9.17, 15) is 5.11 Å². The molecule has 1 aliphatic heterocycles. The van der Waals surface area contributed by atoms with Crippen LogP contribution in [0.15, 0.2) is 83.3 Å². The van der Waals surface area contributed by atoms with Crippen molar-refractivity contribution in [3.63, 3.8) is 0 Å². The van der Waals surface area contributed by atoms with Crippen LogP contribution in [-0.4, -0.2) is 15.1 Å². The zero-order valence-corrected chi connectivity index (χ0v) is 14.9. The van der Waals surface area contributed by atoms with E-state index in [2.05, 4.69) is 20.2 Å². The van der Waals surface area contributed by atoms with Gasteiger partial charge in [-0.3, -0.25) is 4.98 Å². The summed E-state index contributed by atoms with van der Waals surface area (Å²) in [4.78, 5) is 7.06. The number of H-pyrrole nitrogens is 1. The number of hydrogen-bond donors (Lipinski definition) is 2. The number of rotatable bonds is 3. The largest absolute Gasteiger partial charge is 0.494 e. The molecule has 0 radical (unpaired) electrons. The highest BCUT2D eigenvalue weighted by Crippen LogP contribution is 2.27. The van der Waals surface area contributed by atoms with Gasteiger partial charge in [-0.25, -0.2) is 0 Å². The van der Waals surface area contributed by atoms with Gasteiger partial charge in [0.05, 0.1) is 11.4 Å². The molecule has 2 aromatic heterocycles. The average molecular weight is 364 g/mol. The minimum absolute atomic E-state index is 0.180. The van der Waals surface area contributed by atoms with Crippen LogP contribution in [-0.2, 0) is 0 Å². The van der Waals surface area contributed by atoms with Crippen LogP contribution in [0.2, 0.25) is 0 Å². The third-order valence-corrected chi connectivity index (χ3v) is 4.74. The van der Waals surface area contributed by atoms with Crippen molar-refractivity contribution in [1.82, 2.24) is 9.97 Å². The molecule has 5 heteroatoms. The molecule has 5 rings (SSSR count). The van der Waals surface area contributed by atoms with Gasteiger partial charge in [-0.2, -0.15) is 0 Å². The normalized spacial score (nSPS) is 13.7. The Labute approximate surface area is 160 Å². The summed E-state index contributed by atoms with van der Waals surface area (Å²) in [5, 5.41) is 22.5. The summed E-state index contributed by atoms with van der Waals surface area (Å²) in [6.07, 6.45) is 9.49. The summed E-state index contributed by atoms with van der Waals surface area (Å²) < 4.78 is 0. The Morgan fingerprint density at radius 3 is 2.54 bits per heavy atom. The summed E-state index contributed by atoms with van der Waals surface area (Å²) in [6, 6.07) is 17.7. The van der Waals surface area contributed by atoms with E-state index in [1.807, 2.05) is 72.8 Å². The molecule has 0 bridgehead atoms. The van der Waals surface area contributed by atoms with Crippen LogP contribution < -0.4 is 10.4 Å². The van der Waals surface area contributed by atoms with E-state index in [1.165, 1.54) is 0 Å². The Hall–Kier alpha value is -3.99. The lowest BCUT2D eigenvalue weighted by atomic mass is 10.1. The minimum atomic E-state index is 0.180. The maximum absolute atomic E-state index is 10.1. The van der Waals surface area contributed by atoms with Crippen LogP contribution in [0.3, 0.4) is 0 Å². The molecular weight excluding hydrogens is 348 g/mol. The summed E-state index contributed by atoms with van der Waals surface area (Å²) in [5.41, 5.74) is 3.60. The van der Waals surface area contributed by atoms with Gasteiger partial charge >= 0.3 is 0 Å². The van der Waals surface area contributed by atoms with Gasteiger partial charge in [0.1, 0.15) is 0 Å². The quantitative estimate of drug-likeness (QED) is 0.576. The lowest BCUT2D eigenvalue weighted by Gasteiger charge is -1.94. The van der Waals surface area contributed by atoms with Crippen molar-refractivity contribution in [2.45, 2.75) is 0 Å². The zero-order valence-electron chi connectivity index (χ0n) is 14.9. The molecule has 0 saturated heterocycles. The van der Waals surface area contributed by atoms with Crippen molar-refractivity contribution >= 4 is 34.3 Å². The number of aromatic nitrogens is 2. The number of benzene rings is 2. The van der Waals surface area contributed by atoms with Crippen LogP contribution in [0.1, 0.15) is 11.3 Å². The molecule has 4 aromatic rings. The SMILES string of the molecule is Oc1[nH]c(C=c2ccc3c(c2)N=NC=3/C=C/c2ccncc2)c2ccccc12. The molecule has 28 heavy (non-hydrogen) atoms. The second-order valence-electron chi connectivity index (χ2n) is 6.55. The first-order valence-corrected chi connectivity index (χ1v) is 8.93. The lowest BCUT2D eigenvalue weighted by molar-refractivity contribution is 0.462. The van der Waals surface area contributed by atoms with Crippen molar-refractivity contribution in [2.75, 3.05) is 0 Å². The fourth-order valence-electron chi connectivity index (χ4n) is 3.34. The van der Waals surface area contributed by atoms with Gasteiger partial charge in [-0.05, 0) is 53.3 Å². The van der Waals surface area contributed by atoms with E-state index in [0.717, 1.165) is 43.9 Å². The molecule has 0 aliphatic carbocycles. The molecule has 3 heterocycles. The van der Waals surface area contributed by atoms with Gasteiger partial charge in [-0.1, -0.05) is 30.3 Å². The molecule has 0 fully saturated rings. The Bertz CT molecular complexity index is 1370. The van der Waals surface area contributed by atoms with Gasteiger partial charge < -0.3 is 10.1 Å². The van der Waals surface area contributed by atoms with Gasteiger partial charge in [0, 0.05) is 34.1 Å². The van der Waals surface area contributed by atoms with E-state index in [4.69, 9.17) is 0 Å². The van der Waals surface area contributed by atoms with E-state index >= 15 is 0 Å². The Kier molecular flexibility index (Phi) is 3.84. The maximum Gasteiger partial charge on any atom is 0.196 e. The number of pyridine rings is 1. The third kappa shape index (κ3) is 2.89. The number of hydrogen-bond acceptors (Lipinski definition) is 4. The number of aromatic hydroxyl groups is 1. The summed E-state index contributed by atoms with van der Waals surface area (Å²) in [6.45, 7) is 0. The van der Waals surface area contributed by atoms with E-state index in [1.54, 1.807) is 12.4 Å². The van der Waals surface area contributed by atoms with Gasteiger partial charge in [0.25, 0.3) is 0 Å². The van der Waals surface area contributed by atoms with Crippen LogP contribution in [0.5, 0.6) is 5.88 Å². The molecule has 2 aromatic carbocycles. The number of fused-ring (bicyclic) bond motifs is 2. The third-order valence-electron chi connectivity index (χ3n) is 4.74. The Morgan fingerprint density at radius 1 is 0.857 bits per heavy atom. The highest BCUT2D eigenvalue weighted by atomic mass is 16.3. The minimum Gasteiger partial charge on any atom is -0.494 e. The molecule has 1 aliphatic rings. The van der Waals surface area contributed by atoms with Crippen molar-refractivity contribution in [3.05, 3.63) is 94.8 Å². The van der Waals surface area contributed by atoms with E-state index in [0.29, 0.717) is 0 Å². The fourth-order valence-corrected chi connectivity index (χ4v) is 3.34. The van der Waals surface area contributed by atoms with Crippen LogP contribution in [0.25, 0.3) is 28.6 Å². The van der Waals surface area contributed by atoms with Crippen molar-refractivity contribution < 1.29 is 5.11 Å². The van der Waals surface area contributed by atoms with Crippen molar-refractivity contribution in [2.24, 2.45) is 10.2 Å². The van der Waals surface area contributed by atoms with E-state index in [-0.39, 0.29) is 5.88 Å². The number of azo groups is 1. The molecule has 2 N–H and O–H groups in total. The van der Waals surface area contributed by atoms with Gasteiger partial charge in [0.15, 0.2) is 5.88 Å². The lowest BCUT2D eigenvalue weighted by Crippen LogP contribution is -2.08. The average Bonchev–Trinajstić information content (AvgIpc) is 3.28. The predicted octanol–water partition coefficient (Wildman–Crippen LogP) is 4.02. The molecule has 0 atom stereocenters. The summed E-state index contributed by atoms with van der Waals surface area (Å²) >= 11 is 0. The molecule has 0 unspecified atom stereocenters. The fraction of sp³-hybridized carbons (Fsp3) is 0. The molecule has 0 spiro atoms. The van der Waals surface area contributed by atoms with Gasteiger partial charge in [-0.15, -0.1) is 10.2 Å². The summed E-state index contributed by atoms with van der Waals surface area (Å²) in [5.74, 6) is 0.180. The predicted molar refractivity (Wildman–Crippen MR) is 110 cm³/mol. The second kappa shape index (κ2) is 6.63. The zero-order chi connectivity index (χ0) is 18.9. The number of nitrogens with zero attached hydrogens (tertiary/aromatic N) is 3. The second-order valence-corrected chi connectivity index (χ2v) is 6.55. The number of aromatic amines is 1. The number of nitrogens with one attached hydrogen (secondary N) is 1. The monoisotopic (exact) mass is 364 g/mol.